The molecule has 3 heteroatoms. The zero-order chi connectivity index (χ0) is 12.8. The fourth-order valence-electron chi connectivity index (χ4n) is 1.87. The predicted molar refractivity (Wildman–Crippen MR) is 70.5 cm³/mol. The molecule has 0 saturated heterocycles. The van der Waals surface area contributed by atoms with E-state index in [2.05, 4.69) is 6.92 Å². The summed E-state index contributed by atoms with van der Waals surface area (Å²) in [5, 5.41) is 10.1. The van der Waals surface area contributed by atoms with Crippen LogP contribution in [0.4, 0.5) is 0 Å². The zero-order valence-electron chi connectivity index (χ0n) is 10.8. The summed E-state index contributed by atoms with van der Waals surface area (Å²) in [4.78, 5) is 0. The van der Waals surface area contributed by atoms with E-state index >= 15 is 0 Å². The van der Waals surface area contributed by atoms with E-state index in [1.54, 1.807) is 0 Å². The summed E-state index contributed by atoms with van der Waals surface area (Å²) in [6, 6.07) is 7.55. The molecule has 1 atom stereocenters. The SMILES string of the molecule is CCCCOc1ccc(C(O)C2=CCCO2)cc1. The van der Waals surface area contributed by atoms with Crippen LogP contribution in [0, 0.1) is 0 Å². The maximum Gasteiger partial charge on any atom is 0.136 e. The van der Waals surface area contributed by atoms with E-state index in [1.165, 1.54) is 0 Å². The molecule has 1 aromatic rings. The van der Waals surface area contributed by atoms with Gasteiger partial charge in [-0.1, -0.05) is 25.5 Å². The Labute approximate surface area is 108 Å². The van der Waals surface area contributed by atoms with E-state index in [0.717, 1.165) is 37.2 Å². The van der Waals surface area contributed by atoms with E-state index in [0.29, 0.717) is 12.4 Å². The van der Waals surface area contributed by atoms with Gasteiger partial charge in [-0.2, -0.15) is 0 Å². The molecule has 0 bridgehead atoms. The Kier molecular flexibility index (Phi) is 4.65. The lowest BCUT2D eigenvalue weighted by molar-refractivity contribution is 0.119. The third-order valence-electron chi connectivity index (χ3n) is 2.96. The first-order valence-corrected chi connectivity index (χ1v) is 6.55. The summed E-state index contributed by atoms with van der Waals surface area (Å²) in [7, 11) is 0. The van der Waals surface area contributed by atoms with Gasteiger partial charge in [-0.3, -0.25) is 0 Å². The molecule has 3 nitrogen and oxygen atoms in total. The van der Waals surface area contributed by atoms with Crippen molar-refractivity contribution in [2.45, 2.75) is 32.3 Å². The number of aliphatic hydroxyl groups excluding tert-OH is 1. The second-order valence-electron chi connectivity index (χ2n) is 4.42. The van der Waals surface area contributed by atoms with Crippen molar-refractivity contribution in [3.63, 3.8) is 0 Å². The smallest absolute Gasteiger partial charge is 0.136 e. The van der Waals surface area contributed by atoms with Crippen LogP contribution < -0.4 is 4.74 Å². The van der Waals surface area contributed by atoms with Crippen molar-refractivity contribution in [3.8, 4) is 5.75 Å². The van der Waals surface area contributed by atoms with Gasteiger partial charge < -0.3 is 14.6 Å². The van der Waals surface area contributed by atoms with Gasteiger partial charge in [0.25, 0.3) is 0 Å². The summed E-state index contributed by atoms with van der Waals surface area (Å²) in [5.41, 5.74) is 0.839. The van der Waals surface area contributed by atoms with Crippen LogP contribution in [0.1, 0.15) is 37.9 Å². The van der Waals surface area contributed by atoms with Crippen molar-refractivity contribution in [3.05, 3.63) is 41.7 Å². The number of rotatable bonds is 6. The Balaban J connectivity index is 1.94. The molecule has 0 spiro atoms. The number of hydrogen-bond donors (Lipinski definition) is 1. The van der Waals surface area contributed by atoms with Gasteiger partial charge in [0.1, 0.15) is 17.6 Å². The molecule has 1 N–H and O–H groups in total. The van der Waals surface area contributed by atoms with E-state index in [-0.39, 0.29) is 0 Å². The fourth-order valence-corrected chi connectivity index (χ4v) is 1.87. The Bertz CT molecular complexity index is 395. The molecule has 1 unspecified atom stereocenters. The van der Waals surface area contributed by atoms with Crippen LogP contribution in [0.25, 0.3) is 0 Å². The molecule has 18 heavy (non-hydrogen) atoms. The highest BCUT2D eigenvalue weighted by Crippen LogP contribution is 2.27. The van der Waals surface area contributed by atoms with Crippen LogP contribution in [0.15, 0.2) is 36.1 Å². The largest absolute Gasteiger partial charge is 0.495 e. The van der Waals surface area contributed by atoms with E-state index in [9.17, 15) is 5.11 Å². The summed E-state index contributed by atoms with van der Waals surface area (Å²) in [6.45, 7) is 3.55. The number of aliphatic hydroxyl groups is 1. The van der Waals surface area contributed by atoms with Crippen molar-refractivity contribution in [2.24, 2.45) is 0 Å². The maximum absolute atomic E-state index is 10.1. The van der Waals surface area contributed by atoms with E-state index in [1.807, 2.05) is 30.3 Å². The van der Waals surface area contributed by atoms with Crippen LogP contribution >= 0.6 is 0 Å². The number of unbranched alkanes of at least 4 members (excludes halogenated alkanes) is 1. The summed E-state index contributed by atoms with van der Waals surface area (Å²) in [6.07, 6.45) is 4.35. The molecule has 1 aliphatic rings. The van der Waals surface area contributed by atoms with Crippen LogP contribution in [0.3, 0.4) is 0 Å². The number of benzene rings is 1. The van der Waals surface area contributed by atoms with E-state index < -0.39 is 6.10 Å². The van der Waals surface area contributed by atoms with Gasteiger partial charge in [-0.25, -0.2) is 0 Å². The summed E-state index contributed by atoms with van der Waals surface area (Å²) < 4.78 is 10.9. The fraction of sp³-hybridized carbons (Fsp3) is 0.467. The van der Waals surface area contributed by atoms with Gasteiger partial charge in [-0.15, -0.1) is 0 Å². The predicted octanol–water partition coefficient (Wildman–Crippen LogP) is 3.20. The van der Waals surface area contributed by atoms with Gasteiger partial charge in [0.05, 0.1) is 13.2 Å². The van der Waals surface area contributed by atoms with Crippen molar-refractivity contribution < 1.29 is 14.6 Å². The Morgan fingerprint density at radius 1 is 1.33 bits per heavy atom. The third-order valence-corrected chi connectivity index (χ3v) is 2.96. The standard InChI is InChI=1S/C15H20O3/c1-2-3-10-17-13-8-6-12(7-9-13)15(16)14-5-4-11-18-14/h5-9,15-16H,2-4,10-11H2,1H3. The van der Waals surface area contributed by atoms with Gasteiger partial charge in [0.15, 0.2) is 0 Å². The first-order chi connectivity index (χ1) is 8.81. The summed E-state index contributed by atoms with van der Waals surface area (Å²) in [5.74, 6) is 1.51. The molecule has 98 valence electrons. The molecule has 0 radical (unpaired) electrons. The molecule has 1 aliphatic heterocycles. The molecular formula is C15H20O3. The van der Waals surface area contributed by atoms with Crippen LogP contribution in [0.5, 0.6) is 5.75 Å². The topological polar surface area (TPSA) is 38.7 Å². The number of hydrogen-bond acceptors (Lipinski definition) is 3. The Morgan fingerprint density at radius 2 is 2.11 bits per heavy atom. The molecule has 0 aromatic heterocycles. The molecular weight excluding hydrogens is 228 g/mol. The molecule has 1 heterocycles. The highest BCUT2D eigenvalue weighted by Gasteiger charge is 2.17. The first kappa shape index (κ1) is 13.0. The van der Waals surface area contributed by atoms with E-state index in [4.69, 9.17) is 9.47 Å². The van der Waals surface area contributed by atoms with Gasteiger partial charge in [0, 0.05) is 6.42 Å². The summed E-state index contributed by atoms with van der Waals surface area (Å²) >= 11 is 0. The third kappa shape index (κ3) is 3.26. The molecule has 1 aromatic carbocycles. The van der Waals surface area contributed by atoms with Crippen LogP contribution in [-0.2, 0) is 4.74 Å². The normalized spacial score (nSPS) is 16.0. The average Bonchev–Trinajstić information content (AvgIpc) is 2.93. The van der Waals surface area contributed by atoms with Crippen molar-refractivity contribution in [2.75, 3.05) is 13.2 Å². The van der Waals surface area contributed by atoms with Crippen molar-refractivity contribution >= 4 is 0 Å². The minimum absolute atomic E-state index is 0.655. The number of ether oxygens (including phenoxy) is 2. The highest BCUT2D eigenvalue weighted by atomic mass is 16.5. The highest BCUT2D eigenvalue weighted by molar-refractivity contribution is 5.31. The van der Waals surface area contributed by atoms with Crippen molar-refractivity contribution in [1.29, 1.82) is 0 Å². The Hall–Kier alpha value is -1.48. The maximum atomic E-state index is 10.1. The molecule has 0 aliphatic carbocycles. The van der Waals surface area contributed by atoms with Crippen LogP contribution in [0.2, 0.25) is 0 Å². The second kappa shape index (κ2) is 6.45. The molecule has 2 rings (SSSR count). The second-order valence-corrected chi connectivity index (χ2v) is 4.42. The van der Waals surface area contributed by atoms with Crippen LogP contribution in [-0.4, -0.2) is 18.3 Å². The first-order valence-electron chi connectivity index (χ1n) is 6.55. The lowest BCUT2D eigenvalue weighted by Crippen LogP contribution is -2.02. The van der Waals surface area contributed by atoms with Crippen molar-refractivity contribution in [1.82, 2.24) is 0 Å². The monoisotopic (exact) mass is 248 g/mol. The van der Waals surface area contributed by atoms with Gasteiger partial charge in [-0.05, 0) is 30.2 Å². The zero-order valence-corrected chi connectivity index (χ0v) is 10.8. The molecule has 0 saturated carbocycles. The average molecular weight is 248 g/mol. The molecule has 0 fully saturated rings. The Morgan fingerprint density at radius 3 is 2.72 bits per heavy atom. The molecule has 0 amide bonds. The minimum atomic E-state index is -0.655. The lowest BCUT2D eigenvalue weighted by Gasteiger charge is -2.13. The minimum Gasteiger partial charge on any atom is -0.495 e. The quantitative estimate of drug-likeness (QED) is 0.786. The lowest BCUT2D eigenvalue weighted by atomic mass is 10.1. The van der Waals surface area contributed by atoms with Gasteiger partial charge >= 0.3 is 0 Å². The van der Waals surface area contributed by atoms with Gasteiger partial charge in [0.2, 0.25) is 0 Å².